The molecule has 4 rings (SSSR count). The number of amides is 1. The van der Waals surface area contributed by atoms with Crippen molar-refractivity contribution < 1.29 is 9.72 Å². The number of halogens is 1. The Morgan fingerprint density at radius 2 is 1.80 bits per heavy atom. The number of rotatable bonds is 4. The van der Waals surface area contributed by atoms with Crippen molar-refractivity contribution in [3.8, 4) is 11.4 Å². The molecule has 1 fully saturated rings. The molecule has 0 aliphatic carbocycles. The van der Waals surface area contributed by atoms with Gasteiger partial charge in [-0.05, 0) is 36.4 Å². The fraction of sp³-hybridized carbons (Fsp3) is 0.200. The summed E-state index contributed by atoms with van der Waals surface area (Å²) in [5.74, 6) is 0.468. The Bertz CT molecular complexity index is 1070. The summed E-state index contributed by atoms with van der Waals surface area (Å²) in [6.45, 7) is 2.11. The van der Waals surface area contributed by atoms with Crippen LogP contribution in [0.5, 0.6) is 0 Å². The summed E-state index contributed by atoms with van der Waals surface area (Å²) in [4.78, 5) is 31.2. The first-order chi connectivity index (χ1) is 14.5. The van der Waals surface area contributed by atoms with Crippen LogP contribution in [0.3, 0.4) is 0 Å². The van der Waals surface area contributed by atoms with Crippen molar-refractivity contribution in [2.45, 2.75) is 0 Å². The normalized spacial score (nSPS) is 13.9. The van der Waals surface area contributed by atoms with Crippen LogP contribution in [-0.4, -0.2) is 57.1 Å². The van der Waals surface area contributed by atoms with Gasteiger partial charge < -0.3 is 9.80 Å². The van der Waals surface area contributed by atoms with Gasteiger partial charge in [-0.15, -0.1) is 10.2 Å². The molecule has 1 saturated heterocycles. The van der Waals surface area contributed by atoms with Crippen LogP contribution in [0, 0.1) is 10.1 Å². The lowest BCUT2D eigenvalue weighted by Crippen LogP contribution is -2.49. The Labute approximate surface area is 177 Å². The first kappa shape index (κ1) is 19.7. The topological polar surface area (TPSA) is 105 Å². The maximum Gasteiger partial charge on any atom is 0.288 e. The van der Waals surface area contributed by atoms with E-state index in [4.69, 9.17) is 11.6 Å². The molecule has 0 atom stereocenters. The van der Waals surface area contributed by atoms with E-state index in [1.165, 1.54) is 18.2 Å². The van der Waals surface area contributed by atoms with Crippen molar-refractivity contribution in [1.29, 1.82) is 0 Å². The van der Waals surface area contributed by atoms with Gasteiger partial charge in [-0.25, -0.2) is 0 Å². The molecule has 0 unspecified atom stereocenters. The van der Waals surface area contributed by atoms with Gasteiger partial charge in [-0.1, -0.05) is 17.7 Å². The minimum Gasteiger partial charge on any atom is -0.352 e. The lowest BCUT2D eigenvalue weighted by molar-refractivity contribution is -0.384. The van der Waals surface area contributed by atoms with Crippen LogP contribution in [0.4, 0.5) is 11.5 Å². The number of nitro groups is 1. The molecule has 2 aromatic heterocycles. The molecule has 1 aromatic carbocycles. The van der Waals surface area contributed by atoms with E-state index >= 15 is 0 Å². The number of carbonyl (C=O) groups excluding carboxylic acids is 1. The highest BCUT2D eigenvalue weighted by Crippen LogP contribution is 2.26. The molecule has 1 amide bonds. The van der Waals surface area contributed by atoms with Gasteiger partial charge in [-0.3, -0.25) is 19.9 Å². The van der Waals surface area contributed by atoms with Gasteiger partial charge in [0, 0.05) is 44.0 Å². The molecule has 0 N–H and O–H groups in total. The zero-order chi connectivity index (χ0) is 21.1. The maximum absolute atomic E-state index is 12.7. The average Bonchev–Trinajstić information content (AvgIpc) is 2.79. The standard InChI is InChI=1S/C20H17ClN6O3/c21-15-5-4-14(13-18(15)27(29)30)20(28)26-11-9-25(10-12-26)19-7-6-17(23-24-19)16-3-1-2-8-22-16/h1-8,13H,9-12H2. The summed E-state index contributed by atoms with van der Waals surface area (Å²) < 4.78 is 0. The van der Waals surface area contributed by atoms with Crippen LogP contribution in [0.15, 0.2) is 54.7 Å². The summed E-state index contributed by atoms with van der Waals surface area (Å²) in [6, 6.07) is 13.5. The molecule has 9 nitrogen and oxygen atoms in total. The summed E-state index contributed by atoms with van der Waals surface area (Å²) in [5.41, 5.74) is 1.42. The Morgan fingerprint density at radius 1 is 1.00 bits per heavy atom. The van der Waals surface area contributed by atoms with Crippen LogP contribution in [0.1, 0.15) is 10.4 Å². The fourth-order valence-corrected chi connectivity index (χ4v) is 3.44. The summed E-state index contributed by atoms with van der Waals surface area (Å²) >= 11 is 5.83. The lowest BCUT2D eigenvalue weighted by Gasteiger charge is -2.35. The van der Waals surface area contributed by atoms with Gasteiger partial charge in [0.1, 0.15) is 10.7 Å². The predicted molar refractivity (Wildman–Crippen MR) is 111 cm³/mol. The molecule has 3 heterocycles. The van der Waals surface area contributed by atoms with Gasteiger partial charge in [0.2, 0.25) is 0 Å². The Balaban J connectivity index is 1.41. The second-order valence-electron chi connectivity index (χ2n) is 6.69. The van der Waals surface area contributed by atoms with E-state index in [0.29, 0.717) is 31.9 Å². The van der Waals surface area contributed by atoms with Crippen molar-refractivity contribution in [2.75, 3.05) is 31.1 Å². The van der Waals surface area contributed by atoms with Crippen LogP contribution >= 0.6 is 11.6 Å². The Kier molecular flexibility index (Phi) is 5.53. The molecule has 0 saturated carbocycles. The third-order valence-electron chi connectivity index (χ3n) is 4.86. The van der Waals surface area contributed by atoms with Crippen LogP contribution in [0.2, 0.25) is 5.02 Å². The van der Waals surface area contributed by atoms with Gasteiger partial charge in [0.15, 0.2) is 5.82 Å². The van der Waals surface area contributed by atoms with Gasteiger partial charge in [-0.2, -0.15) is 0 Å². The zero-order valence-electron chi connectivity index (χ0n) is 15.8. The number of hydrogen-bond donors (Lipinski definition) is 0. The number of piperazine rings is 1. The van der Waals surface area contributed by atoms with E-state index in [0.717, 1.165) is 11.5 Å². The minimum absolute atomic E-state index is 0.00842. The molecule has 1 aliphatic heterocycles. The lowest BCUT2D eigenvalue weighted by atomic mass is 10.1. The average molecular weight is 425 g/mol. The smallest absolute Gasteiger partial charge is 0.288 e. The maximum atomic E-state index is 12.7. The number of hydrogen-bond acceptors (Lipinski definition) is 7. The highest BCUT2D eigenvalue weighted by Gasteiger charge is 2.25. The molecule has 30 heavy (non-hydrogen) atoms. The number of pyridine rings is 1. The molecule has 0 radical (unpaired) electrons. The fourth-order valence-electron chi connectivity index (χ4n) is 3.25. The van der Waals surface area contributed by atoms with E-state index in [-0.39, 0.29) is 22.2 Å². The Morgan fingerprint density at radius 3 is 2.43 bits per heavy atom. The SMILES string of the molecule is O=C(c1ccc(Cl)c([N+](=O)[O-])c1)N1CCN(c2ccc(-c3ccccn3)nn2)CC1. The molecular weight excluding hydrogens is 408 g/mol. The second-order valence-corrected chi connectivity index (χ2v) is 7.10. The van der Waals surface area contributed by atoms with Crippen LogP contribution < -0.4 is 4.90 Å². The number of benzene rings is 1. The quantitative estimate of drug-likeness (QED) is 0.468. The summed E-state index contributed by atoms with van der Waals surface area (Å²) in [5, 5.41) is 19.6. The summed E-state index contributed by atoms with van der Waals surface area (Å²) in [6.07, 6.45) is 1.70. The van der Waals surface area contributed by atoms with E-state index < -0.39 is 4.92 Å². The molecule has 152 valence electrons. The van der Waals surface area contributed by atoms with Crippen molar-refractivity contribution in [1.82, 2.24) is 20.1 Å². The van der Waals surface area contributed by atoms with Crippen molar-refractivity contribution in [3.05, 3.63) is 75.4 Å². The number of anilines is 1. The van der Waals surface area contributed by atoms with Gasteiger partial charge >= 0.3 is 0 Å². The third-order valence-corrected chi connectivity index (χ3v) is 5.18. The predicted octanol–water partition coefficient (Wildman–Crippen LogP) is 3.06. The molecule has 3 aromatic rings. The molecule has 1 aliphatic rings. The molecule has 0 bridgehead atoms. The second kappa shape index (κ2) is 8.42. The number of nitrogens with zero attached hydrogens (tertiary/aromatic N) is 6. The van der Waals surface area contributed by atoms with Gasteiger partial charge in [0.25, 0.3) is 11.6 Å². The van der Waals surface area contributed by atoms with E-state index in [9.17, 15) is 14.9 Å². The highest BCUT2D eigenvalue weighted by atomic mass is 35.5. The van der Waals surface area contributed by atoms with E-state index in [1.54, 1.807) is 11.1 Å². The number of nitro benzene ring substituents is 1. The van der Waals surface area contributed by atoms with Crippen LogP contribution in [0.25, 0.3) is 11.4 Å². The van der Waals surface area contributed by atoms with Gasteiger partial charge in [0.05, 0.1) is 10.6 Å². The first-order valence-corrected chi connectivity index (χ1v) is 9.64. The van der Waals surface area contributed by atoms with Crippen molar-refractivity contribution >= 4 is 29.0 Å². The van der Waals surface area contributed by atoms with E-state index in [2.05, 4.69) is 15.2 Å². The van der Waals surface area contributed by atoms with Crippen molar-refractivity contribution in [3.63, 3.8) is 0 Å². The largest absolute Gasteiger partial charge is 0.352 e. The number of carbonyl (C=O) groups is 1. The Hall–Kier alpha value is -3.59. The number of aromatic nitrogens is 3. The molecule has 0 spiro atoms. The zero-order valence-corrected chi connectivity index (χ0v) is 16.6. The van der Waals surface area contributed by atoms with Crippen LogP contribution in [-0.2, 0) is 0 Å². The molecule has 10 heteroatoms. The molecular formula is C20H17ClN6O3. The van der Waals surface area contributed by atoms with Crippen molar-refractivity contribution in [2.24, 2.45) is 0 Å². The monoisotopic (exact) mass is 424 g/mol. The third kappa shape index (κ3) is 4.06. The highest BCUT2D eigenvalue weighted by molar-refractivity contribution is 6.32. The minimum atomic E-state index is -0.593. The first-order valence-electron chi connectivity index (χ1n) is 9.26. The summed E-state index contributed by atoms with van der Waals surface area (Å²) in [7, 11) is 0. The van der Waals surface area contributed by atoms with E-state index in [1.807, 2.05) is 35.2 Å².